The molecule has 1 aliphatic heterocycles. The minimum atomic E-state index is -0.892. The van der Waals surface area contributed by atoms with Crippen molar-refractivity contribution in [1.82, 2.24) is 4.90 Å². The maximum Gasteiger partial charge on any atom is 0.410 e. The van der Waals surface area contributed by atoms with Gasteiger partial charge in [0.25, 0.3) is 0 Å². The Labute approximate surface area is 125 Å². The van der Waals surface area contributed by atoms with E-state index in [1.807, 2.05) is 20.8 Å². The first-order chi connectivity index (χ1) is 9.69. The summed E-state index contributed by atoms with van der Waals surface area (Å²) in [4.78, 5) is 24.5. The first-order valence-corrected chi connectivity index (χ1v) is 7.57. The van der Waals surface area contributed by atoms with E-state index in [9.17, 15) is 9.59 Å². The van der Waals surface area contributed by atoms with Crippen LogP contribution in [0.15, 0.2) is 0 Å². The molecule has 1 saturated heterocycles. The van der Waals surface area contributed by atoms with E-state index in [4.69, 9.17) is 14.6 Å². The molecule has 2 rings (SSSR count). The maximum absolute atomic E-state index is 12.0. The summed E-state index contributed by atoms with van der Waals surface area (Å²) in [7, 11) is 0. The molecule has 6 nitrogen and oxygen atoms in total. The Morgan fingerprint density at radius 2 is 1.81 bits per heavy atom. The summed E-state index contributed by atoms with van der Waals surface area (Å²) in [5.74, 6) is -0.892. The molecule has 1 saturated carbocycles. The number of carboxylic acid groups (broad SMARTS) is 1. The van der Waals surface area contributed by atoms with Crippen molar-refractivity contribution in [3.8, 4) is 0 Å². The van der Waals surface area contributed by atoms with Crippen LogP contribution in [0.5, 0.6) is 0 Å². The quantitative estimate of drug-likeness (QED) is 0.862. The fourth-order valence-electron chi connectivity index (χ4n) is 2.97. The van der Waals surface area contributed by atoms with Crippen molar-refractivity contribution in [3.05, 3.63) is 0 Å². The normalized spacial score (nSPS) is 22.0. The third-order valence-corrected chi connectivity index (χ3v) is 3.80. The van der Waals surface area contributed by atoms with Gasteiger partial charge in [0.1, 0.15) is 11.2 Å². The Kier molecular flexibility index (Phi) is 4.46. The van der Waals surface area contributed by atoms with Gasteiger partial charge in [-0.3, -0.25) is 4.79 Å². The van der Waals surface area contributed by atoms with E-state index in [1.165, 1.54) is 4.90 Å². The molecule has 1 N–H and O–H groups in total. The molecule has 0 radical (unpaired) electrons. The highest BCUT2D eigenvalue weighted by molar-refractivity contribution is 5.72. The lowest BCUT2D eigenvalue weighted by Crippen LogP contribution is -2.66. The average Bonchev–Trinajstić information content (AvgIpc) is 2.74. The van der Waals surface area contributed by atoms with Gasteiger partial charge in [0, 0.05) is 0 Å². The minimum absolute atomic E-state index is 0.0667. The Hall–Kier alpha value is -1.30. The Morgan fingerprint density at radius 3 is 2.29 bits per heavy atom. The Balaban J connectivity index is 1.92. The van der Waals surface area contributed by atoms with E-state index in [-0.39, 0.29) is 12.5 Å². The summed E-state index contributed by atoms with van der Waals surface area (Å²) in [5.41, 5.74) is -1.29. The lowest BCUT2D eigenvalue weighted by molar-refractivity contribution is -0.182. The van der Waals surface area contributed by atoms with Gasteiger partial charge in [-0.2, -0.15) is 0 Å². The number of carbonyl (C=O) groups is 2. The van der Waals surface area contributed by atoms with Gasteiger partial charge in [0.05, 0.1) is 25.6 Å². The number of carboxylic acids is 1. The molecular weight excluding hydrogens is 274 g/mol. The second-order valence-electron chi connectivity index (χ2n) is 7.11. The van der Waals surface area contributed by atoms with Crippen molar-refractivity contribution >= 4 is 12.1 Å². The second kappa shape index (κ2) is 5.83. The van der Waals surface area contributed by atoms with Crippen molar-refractivity contribution < 1.29 is 24.2 Å². The molecule has 0 atom stereocenters. The number of nitrogens with zero attached hydrogens (tertiary/aromatic N) is 1. The smallest absolute Gasteiger partial charge is 0.410 e. The van der Waals surface area contributed by atoms with Crippen LogP contribution in [0.4, 0.5) is 4.79 Å². The molecule has 6 heteroatoms. The standard InChI is InChI=1S/C15H25NO5/c1-14(2,3)21-13(19)16-9-15(10-16,8-12(17)18)20-11-6-4-5-7-11/h11H,4-10H2,1-3H3,(H,17,18). The number of ether oxygens (including phenoxy) is 2. The molecule has 120 valence electrons. The second-order valence-corrected chi connectivity index (χ2v) is 7.11. The molecule has 1 amide bonds. The third kappa shape index (κ3) is 4.33. The molecule has 2 aliphatic rings. The van der Waals surface area contributed by atoms with Crippen LogP contribution >= 0.6 is 0 Å². The number of hydrogen-bond acceptors (Lipinski definition) is 4. The van der Waals surface area contributed by atoms with Crippen molar-refractivity contribution in [2.45, 2.75) is 70.2 Å². The van der Waals surface area contributed by atoms with Gasteiger partial charge in [-0.15, -0.1) is 0 Å². The molecule has 1 aliphatic carbocycles. The first kappa shape index (κ1) is 16.1. The van der Waals surface area contributed by atoms with Crippen LogP contribution in [0.1, 0.15) is 52.9 Å². The Morgan fingerprint density at radius 1 is 1.24 bits per heavy atom. The molecule has 0 aromatic carbocycles. The van der Waals surface area contributed by atoms with Gasteiger partial charge in [-0.1, -0.05) is 12.8 Å². The van der Waals surface area contributed by atoms with E-state index in [0.717, 1.165) is 25.7 Å². The van der Waals surface area contributed by atoms with E-state index >= 15 is 0 Å². The number of hydrogen-bond donors (Lipinski definition) is 1. The zero-order valence-electron chi connectivity index (χ0n) is 13.1. The fourth-order valence-corrected chi connectivity index (χ4v) is 2.97. The SMILES string of the molecule is CC(C)(C)OC(=O)N1CC(CC(=O)O)(OC2CCCC2)C1. The predicted molar refractivity (Wildman–Crippen MR) is 76.1 cm³/mol. The van der Waals surface area contributed by atoms with E-state index in [0.29, 0.717) is 13.1 Å². The summed E-state index contributed by atoms with van der Waals surface area (Å²) in [5, 5.41) is 9.08. The summed E-state index contributed by atoms with van der Waals surface area (Å²) in [6.07, 6.45) is 3.88. The zero-order valence-corrected chi connectivity index (χ0v) is 13.1. The van der Waals surface area contributed by atoms with Crippen molar-refractivity contribution in [3.63, 3.8) is 0 Å². The van der Waals surface area contributed by atoms with Gasteiger partial charge in [-0.05, 0) is 33.6 Å². The van der Waals surface area contributed by atoms with Gasteiger partial charge < -0.3 is 19.5 Å². The summed E-state index contributed by atoms with van der Waals surface area (Å²) in [6, 6.07) is 0. The zero-order chi connectivity index (χ0) is 15.7. The monoisotopic (exact) mass is 299 g/mol. The highest BCUT2D eigenvalue weighted by Crippen LogP contribution is 2.35. The van der Waals surface area contributed by atoms with Crippen LogP contribution in [-0.2, 0) is 14.3 Å². The number of rotatable bonds is 4. The lowest BCUT2D eigenvalue weighted by atomic mass is 9.90. The van der Waals surface area contributed by atoms with Gasteiger partial charge >= 0.3 is 12.1 Å². The third-order valence-electron chi connectivity index (χ3n) is 3.80. The molecular formula is C15H25NO5. The van der Waals surface area contributed by atoms with Gasteiger partial charge in [0.15, 0.2) is 0 Å². The first-order valence-electron chi connectivity index (χ1n) is 7.57. The molecule has 0 bridgehead atoms. The van der Waals surface area contributed by atoms with Crippen LogP contribution in [0.3, 0.4) is 0 Å². The molecule has 0 aromatic rings. The van der Waals surface area contributed by atoms with Crippen LogP contribution < -0.4 is 0 Å². The average molecular weight is 299 g/mol. The van der Waals surface area contributed by atoms with Crippen molar-refractivity contribution in [1.29, 1.82) is 0 Å². The predicted octanol–water partition coefficient (Wildman–Crippen LogP) is 2.41. The molecule has 0 aromatic heterocycles. The van der Waals surface area contributed by atoms with Crippen LogP contribution in [-0.4, -0.2) is 52.5 Å². The molecule has 0 spiro atoms. The van der Waals surface area contributed by atoms with Crippen molar-refractivity contribution in [2.24, 2.45) is 0 Å². The summed E-state index contributed by atoms with van der Waals surface area (Å²) in [6.45, 7) is 6.02. The minimum Gasteiger partial charge on any atom is -0.481 e. The molecule has 21 heavy (non-hydrogen) atoms. The number of likely N-dealkylation sites (tertiary alicyclic amines) is 1. The van der Waals surface area contributed by atoms with Gasteiger partial charge in [-0.25, -0.2) is 4.79 Å². The lowest BCUT2D eigenvalue weighted by Gasteiger charge is -2.49. The van der Waals surface area contributed by atoms with E-state index < -0.39 is 23.3 Å². The van der Waals surface area contributed by atoms with Crippen LogP contribution in [0.2, 0.25) is 0 Å². The van der Waals surface area contributed by atoms with E-state index in [2.05, 4.69) is 0 Å². The number of amides is 1. The maximum atomic E-state index is 12.0. The number of carbonyl (C=O) groups excluding carboxylic acids is 1. The summed E-state index contributed by atoms with van der Waals surface area (Å²) < 4.78 is 11.3. The number of aliphatic carboxylic acids is 1. The Bertz CT molecular complexity index is 403. The summed E-state index contributed by atoms with van der Waals surface area (Å²) >= 11 is 0. The largest absolute Gasteiger partial charge is 0.481 e. The van der Waals surface area contributed by atoms with E-state index in [1.54, 1.807) is 0 Å². The highest BCUT2D eigenvalue weighted by atomic mass is 16.6. The fraction of sp³-hybridized carbons (Fsp3) is 0.867. The topological polar surface area (TPSA) is 76.1 Å². The molecule has 2 fully saturated rings. The highest BCUT2D eigenvalue weighted by Gasteiger charge is 2.50. The molecule has 0 unspecified atom stereocenters. The van der Waals surface area contributed by atoms with Crippen LogP contribution in [0, 0.1) is 0 Å². The van der Waals surface area contributed by atoms with Crippen LogP contribution in [0.25, 0.3) is 0 Å². The van der Waals surface area contributed by atoms with Gasteiger partial charge in [0.2, 0.25) is 0 Å². The molecule has 1 heterocycles. The van der Waals surface area contributed by atoms with Crippen molar-refractivity contribution in [2.75, 3.05) is 13.1 Å².